The molecule has 2 aromatic rings. The number of aliphatic carboxylic acids is 1. The standard InChI is InChI=1S/C14H10BrNO2/c15-12-3-1-11(2-4-12)13(14(17)18)9-10-5-7-16-8-6-10/h1-9H,(H,17,18)/b13-9-. The van der Waals surface area contributed by atoms with Crippen molar-refractivity contribution in [2.45, 2.75) is 0 Å². The van der Waals surface area contributed by atoms with Crippen LogP contribution in [0.1, 0.15) is 11.1 Å². The van der Waals surface area contributed by atoms with Gasteiger partial charge < -0.3 is 5.11 Å². The van der Waals surface area contributed by atoms with Crippen LogP contribution in [-0.2, 0) is 4.79 Å². The summed E-state index contributed by atoms with van der Waals surface area (Å²) >= 11 is 3.32. The highest BCUT2D eigenvalue weighted by atomic mass is 79.9. The monoisotopic (exact) mass is 303 g/mol. The van der Waals surface area contributed by atoms with E-state index in [4.69, 9.17) is 0 Å². The van der Waals surface area contributed by atoms with Gasteiger partial charge in [0.25, 0.3) is 0 Å². The summed E-state index contributed by atoms with van der Waals surface area (Å²) in [6, 6.07) is 10.7. The number of pyridine rings is 1. The van der Waals surface area contributed by atoms with Crippen molar-refractivity contribution in [1.29, 1.82) is 0 Å². The molecular formula is C14H10BrNO2. The maximum absolute atomic E-state index is 11.3. The van der Waals surface area contributed by atoms with Gasteiger partial charge in [0.05, 0.1) is 5.57 Å². The molecule has 0 amide bonds. The fourth-order valence-corrected chi connectivity index (χ4v) is 1.79. The molecule has 1 aromatic heterocycles. The van der Waals surface area contributed by atoms with Crippen molar-refractivity contribution >= 4 is 33.5 Å². The van der Waals surface area contributed by atoms with Gasteiger partial charge in [0.1, 0.15) is 0 Å². The SMILES string of the molecule is O=C(O)/C(=C\c1ccncc1)c1ccc(Br)cc1. The predicted octanol–water partition coefficient (Wildman–Crippen LogP) is 3.47. The van der Waals surface area contributed by atoms with Crippen molar-refractivity contribution in [2.75, 3.05) is 0 Å². The van der Waals surface area contributed by atoms with Crippen LogP contribution < -0.4 is 0 Å². The molecule has 0 unspecified atom stereocenters. The second-order valence-electron chi connectivity index (χ2n) is 3.65. The number of halogens is 1. The topological polar surface area (TPSA) is 50.2 Å². The molecule has 1 N–H and O–H groups in total. The lowest BCUT2D eigenvalue weighted by atomic mass is 10.0. The molecule has 18 heavy (non-hydrogen) atoms. The van der Waals surface area contributed by atoms with Gasteiger partial charge in [-0.05, 0) is 41.5 Å². The number of nitrogens with zero attached hydrogens (tertiary/aromatic N) is 1. The highest BCUT2D eigenvalue weighted by Gasteiger charge is 2.10. The molecule has 2 rings (SSSR count). The fraction of sp³-hybridized carbons (Fsp3) is 0. The minimum atomic E-state index is -0.950. The van der Waals surface area contributed by atoms with Gasteiger partial charge in [0, 0.05) is 16.9 Å². The van der Waals surface area contributed by atoms with Crippen LogP contribution in [0.15, 0.2) is 53.3 Å². The first-order valence-electron chi connectivity index (χ1n) is 5.28. The lowest BCUT2D eigenvalue weighted by Crippen LogP contribution is -1.99. The number of hydrogen-bond acceptors (Lipinski definition) is 2. The van der Waals surface area contributed by atoms with Crippen LogP contribution in [-0.4, -0.2) is 16.1 Å². The predicted molar refractivity (Wildman–Crippen MR) is 73.9 cm³/mol. The quantitative estimate of drug-likeness (QED) is 0.883. The molecule has 0 aliphatic heterocycles. The van der Waals surface area contributed by atoms with E-state index in [9.17, 15) is 9.90 Å². The number of rotatable bonds is 3. The molecule has 0 radical (unpaired) electrons. The molecule has 0 aliphatic carbocycles. The molecule has 0 saturated heterocycles. The Hall–Kier alpha value is -1.94. The van der Waals surface area contributed by atoms with Crippen LogP contribution in [0.3, 0.4) is 0 Å². The Bertz CT molecular complexity index is 577. The van der Waals surface area contributed by atoms with E-state index in [-0.39, 0.29) is 5.57 Å². The molecule has 0 aliphatic rings. The summed E-state index contributed by atoms with van der Waals surface area (Å²) in [4.78, 5) is 15.2. The third-order valence-electron chi connectivity index (χ3n) is 2.40. The van der Waals surface area contributed by atoms with Crippen LogP contribution in [0.5, 0.6) is 0 Å². The summed E-state index contributed by atoms with van der Waals surface area (Å²) < 4.78 is 0.917. The van der Waals surface area contributed by atoms with Crippen molar-refractivity contribution in [1.82, 2.24) is 4.98 Å². The van der Waals surface area contributed by atoms with Crippen molar-refractivity contribution in [3.63, 3.8) is 0 Å². The zero-order valence-electron chi connectivity index (χ0n) is 9.38. The second-order valence-corrected chi connectivity index (χ2v) is 4.57. The Morgan fingerprint density at radius 2 is 1.72 bits per heavy atom. The van der Waals surface area contributed by atoms with Gasteiger partial charge in [-0.25, -0.2) is 4.79 Å². The van der Waals surface area contributed by atoms with E-state index in [1.165, 1.54) is 0 Å². The van der Waals surface area contributed by atoms with Crippen molar-refractivity contribution < 1.29 is 9.90 Å². The summed E-state index contributed by atoms with van der Waals surface area (Å²) in [6.07, 6.45) is 4.90. The Kier molecular flexibility index (Phi) is 3.89. The average Bonchev–Trinajstić information content (AvgIpc) is 2.38. The molecule has 0 atom stereocenters. The highest BCUT2D eigenvalue weighted by Crippen LogP contribution is 2.20. The van der Waals surface area contributed by atoms with Gasteiger partial charge in [-0.3, -0.25) is 4.98 Å². The molecule has 4 heteroatoms. The number of aromatic nitrogens is 1. The first-order chi connectivity index (χ1) is 8.66. The smallest absolute Gasteiger partial charge is 0.336 e. The van der Waals surface area contributed by atoms with Crippen molar-refractivity contribution in [3.05, 3.63) is 64.4 Å². The molecule has 1 aromatic carbocycles. The maximum Gasteiger partial charge on any atom is 0.336 e. The van der Waals surface area contributed by atoms with Gasteiger partial charge in [-0.2, -0.15) is 0 Å². The number of carboxylic acid groups (broad SMARTS) is 1. The van der Waals surface area contributed by atoms with Gasteiger partial charge in [0.2, 0.25) is 0 Å². The lowest BCUT2D eigenvalue weighted by Gasteiger charge is -2.03. The van der Waals surface area contributed by atoms with Crippen molar-refractivity contribution in [3.8, 4) is 0 Å². The largest absolute Gasteiger partial charge is 0.478 e. The van der Waals surface area contributed by atoms with Crippen LogP contribution >= 0.6 is 15.9 Å². The highest BCUT2D eigenvalue weighted by molar-refractivity contribution is 9.10. The van der Waals surface area contributed by atoms with Crippen LogP contribution in [0.2, 0.25) is 0 Å². The molecule has 90 valence electrons. The minimum absolute atomic E-state index is 0.258. The third-order valence-corrected chi connectivity index (χ3v) is 2.93. The summed E-state index contributed by atoms with van der Waals surface area (Å²) in [7, 11) is 0. The van der Waals surface area contributed by atoms with Gasteiger partial charge in [0.15, 0.2) is 0 Å². The molecule has 0 spiro atoms. The molecule has 0 fully saturated rings. The van der Waals surface area contributed by atoms with E-state index in [1.54, 1.807) is 42.7 Å². The number of hydrogen-bond donors (Lipinski definition) is 1. The molecule has 3 nitrogen and oxygen atoms in total. The van der Waals surface area contributed by atoms with Crippen LogP contribution in [0, 0.1) is 0 Å². The second kappa shape index (κ2) is 5.60. The first kappa shape index (κ1) is 12.5. The molecule has 1 heterocycles. The number of carbonyl (C=O) groups is 1. The van der Waals surface area contributed by atoms with Crippen LogP contribution in [0.25, 0.3) is 11.6 Å². The normalized spacial score (nSPS) is 11.3. The Labute approximate surface area is 113 Å². The van der Waals surface area contributed by atoms with E-state index in [1.807, 2.05) is 12.1 Å². The maximum atomic E-state index is 11.3. The molecule has 0 saturated carbocycles. The van der Waals surface area contributed by atoms with Gasteiger partial charge >= 0.3 is 5.97 Å². The van der Waals surface area contributed by atoms with E-state index in [0.717, 1.165) is 10.0 Å². The fourth-order valence-electron chi connectivity index (χ4n) is 1.52. The third kappa shape index (κ3) is 3.05. The van der Waals surface area contributed by atoms with Crippen LogP contribution in [0.4, 0.5) is 0 Å². The minimum Gasteiger partial charge on any atom is -0.478 e. The Morgan fingerprint density at radius 3 is 2.28 bits per heavy atom. The summed E-state index contributed by atoms with van der Waals surface area (Å²) in [5, 5.41) is 9.26. The van der Waals surface area contributed by atoms with E-state index < -0.39 is 5.97 Å². The van der Waals surface area contributed by atoms with Gasteiger partial charge in [-0.1, -0.05) is 28.1 Å². The van der Waals surface area contributed by atoms with E-state index in [2.05, 4.69) is 20.9 Å². The molecule has 0 bridgehead atoms. The summed E-state index contributed by atoms with van der Waals surface area (Å²) in [5.74, 6) is -0.950. The summed E-state index contributed by atoms with van der Waals surface area (Å²) in [5.41, 5.74) is 1.74. The Morgan fingerprint density at radius 1 is 1.11 bits per heavy atom. The zero-order valence-corrected chi connectivity index (χ0v) is 11.0. The zero-order chi connectivity index (χ0) is 13.0. The first-order valence-corrected chi connectivity index (χ1v) is 6.07. The lowest BCUT2D eigenvalue weighted by molar-refractivity contribution is -0.130. The summed E-state index contributed by atoms with van der Waals surface area (Å²) in [6.45, 7) is 0. The average molecular weight is 304 g/mol. The Balaban J connectivity index is 2.44. The molecular weight excluding hydrogens is 294 g/mol. The number of benzene rings is 1. The van der Waals surface area contributed by atoms with Gasteiger partial charge in [-0.15, -0.1) is 0 Å². The number of carboxylic acids is 1. The van der Waals surface area contributed by atoms with E-state index >= 15 is 0 Å². The van der Waals surface area contributed by atoms with Crippen molar-refractivity contribution in [2.24, 2.45) is 0 Å². The van der Waals surface area contributed by atoms with E-state index in [0.29, 0.717) is 5.56 Å².